The summed E-state index contributed by atoms with van der Waals surface area (Å²) in [5.74, 6) is 0.258. The molecule has 7 aromatic carbocycles. The van der Waals surface area contributed by atoms with E-state index in [9.17, 15) is 5.48 Å². The highest BCUT2D eigenvalue weighted by Crippen LogP contribution is 2.49. The van der Waals surface area contributed by atoms with Gasteiger partial charge in [-0.25, -0.2) is 0 Å². The monoisotopic (exact) mass is 535 g/mol. The van der Waals surface area contributed by atoms with Gasteiger partial charge in [-0.3, -0.25) is 0 Å². The summed E-state index contributed by atoms with van der Waals surface area (Å²) in [7, 11) is 0. The van der Waals surface area contributed by atoms with Gasteiger partial charge in [0.05, 0.1) is 17.8 Å². The minimum Gasteiger partial charge on any atom is -0.455 e. The Hall–Kier alpha value is -5.40. The zero-order valence-corrected chi connectivity index (χ0v) is 21.4. The average molecular weight is 536 g/mol. The fourth-order valence-corrected chi connectivity index (χ4v) is 5.45. The van der Waals surface area contributed by atoms with Crippen molar-refractivity contribution in [3.63, 3.8) is 0 Å². The van der Waals surface area contributed by atoms with Crippen molar-refractivity contribution in [3.8, 4) is 44.7 Å². The maximum absolute atomic E-state index is 9.40. The Bertz CT molecular complexity index is 2790. The highest BCUT2D eigenvalue weighted by Gasteiger charge is 2.24. The third kappa shape index (κ3) is 3.86. The first-order chi connectivity index (χ1) is 25.8. The third-order valence-corrected chi connectivity index (χ3v) is 7.21. The molecule has 0 radical (unpaired) electrons. The summed E-state index contributed by atoms with van der Waals surface area (Å²) >= 11 is 0. The van der Waals surface area contributed by atoms with Crippen LogP contribution in [0.25, 0.3) is 77.2 Å². The molecule has 0 N–H and O–H groups in total. The molecule has 0 bridgehead atoms. The van der Waals surface area contributed by atoms with Crippen LogP contribution >= 0.6 is 0 Å². The van der Waals surface area contributed by atoms with Gasteiger partial charge in [0.25, 0.3) is 0 Å². The Labute approximate surface area is 257 Å². The largest absolute Gasteiger partial charge is 0.455 e. The Morgan fingerprint density at radius 2 is 0.927 bits per heavy atom. The lowest BCUT2D eigenvalue weighted by atomic mass is 9.84. The van der Waals surface area contributed by atoms with E-state index in [1.807, 2.05) is 48.5 Å². The van der Waals surface area contributed by atoms with E-state index in [1.54, 1.807) is 30.3 Å². The van der Waals surface area contributed by atoms with Gasteiger partial charge in [0.1, 0.15) is 11.3 Å². The van der Waals surface area contributed by atoms with Crippen LogP contribution in [0, 0.1) is 0 Å². The summed E-state index contributed by atoms with van der Waals surface area (Å²) in [6.45, 7) is 0. The van der Waals surface area contributed by atoms with E-state index in [0.717, 1.165) is 11.1 Å². The maximum atomic E-state index is 9.40. The summed E-state index contributed by atoms with van der Waals surface area (Å²) in [6.07, 6.45) is 0. The van der Waals surface area contributed by atoms with E-state index in [1.165, 1.54) is 0 Å². The molecule has 1 heterocycles. The van der Waals surface area contributed by atoms with Crippen molar-refractivity contribution < 1.29 is 22.2 Å². The number of hydrogen-bond acceptors (Lipinski definition) is 1. The Kier molecular flexibility index (Phi) is 3.25. The summed E-state index contributed by atoms with van der Waals surface area (Å²) in [5, 5.41) is -0.428. The molecule has 0 saturated carbocycles. The van der Waals surface area contributed by atoms with Gasteiger partial charge in [0.2, 0.25) is 0 Å². The summed E-state index contributed by atoms with van der Waals surface area (Å²) in [5.41, 5.74) is 2.09. The highest BCUT2D eigenvalue weighted by molar-refractivity contribution is 6.25. The van der Waals surface area contributed by atoms with Gasteiger partial charge in [-0.15, -0.1) is 0 Å². The molecule has 0 atom stereocenters. The molecular weight excluding hydrogens is 496 g/mol. The van der Waals surface area contributed by atoms with Crippen molar-refractivity contribution in [3.05, 3.63) is 157 Å². The predicted molar refractivity (Wildman–Crippen MR) is 173 cm³/mol. The Balaban J connectivity index is 1.73. The molecule has 1 aromatic heterocycles. The lowest BCUT2D eigenvalue weighted by Crippen LogP contribution is -1.91. The zero-order valence-electron chi connectivity index (χ0n) is 34.4. The van der Waals surface area contributed by atoms with Crippen molar-refractivity contribution in [2.75, 3.05) is 0 Å². The number of hydrogen-bond donors (Lipinski definition) is 0. The van der Waals surface area contributed by atoms with Crippen LogP contribution in [-0.2, 0) is 0 Å². The van der Waals surface area contributed by atoms with Crippen LogP contribution in [0.4, 0.5) is 0 Å². The first-order valence-electron chi connectivity index (χ1n) is 19.5. The molecule has 8 aromatic rings. The zero-order chi connectivity index (χ0) is 38.5. The van der Waals surface area contributed by atoms with Crippen LogP contribution in [0.5, 0.6) is 0 Å². The van der Waals surface area contributed by atoms with Crippen molar-refractivity contribution >= 4 is 32.5 Å². The molecule has 0 unspecified atom stereocenters. The van der Waals surface area contributed by atoms with Crippen LogP contribution in [0.2, 0.25) is 0 Å². The second-order valence-corrected chi connectivity index (χ2v) is 9.50. The first-order valence-corrected chi connectivity index (χ1v) is 13.0. The summed E-state index contributed by atoms with van der Waals surface area (Å²) < 4.78 is 122. The van der Waals surface area contributed by atoms with E-state index >= 15 is 0 Å². The van der Waals surface area contributed by atoms with Crippen molar-refractivity contribution in [1.29, 1.82) is 0 Å². The van der Waals surface area contributed by atoms with E-state index in [0.29, 0.717) is 16.5 Å². The molecule has 1 nitrogen and oxygen atoms in total. The van der Waals surface area contributed by atoms with Gasteiger partial charge in [-0.2, -0.15) is 0 Å². The number of rotatable bonds is 4. The number of benzene rings is 7. The molecule has 0 aliphatic carbocycles. The number of furan rings is 1. The summed E-state index contributed by atoms with van der Waals surface area (Å²) in [4.78, 5) is 0. The van der Waals surface area contributed by atoms with Crippen LogP contribution < -0.4 is 0 Å². The van der Waals surface area contributed by atoms with Crippen molar-refractivity contribution in [2.24, 2.45) is 0 Å². The van der Waals surface area contributed by atoms with Crippen LogP contribution in [0.3, 0.4) is 0 Å². The average Bonchev–Trinajstić information content (AvgIpc) is 3.57. The van der Waals surface area contributed by atoms with Crippen LogP contribution in [-0.4, -0.2) is 0 Å². The normalized spacial score (nSPS) is 15.9. The fourth-order valence-electron chi connectivity index (χ4n) is 5.45. The fraction of sp³-hybridized carbons (Fsp3) is 0. The van der Waals surface area contributed by atoms with E-state index in [-0.39, 0.29) is 44.0 Å². The van der Waals surface area contributed by atoms with Crippen LogP contribution in [0.15, 0.2) is 162 Å². The topological polar surface area (TPSA) is 13.1 Å². The number of fused-ring (bicyclic) bond motifs is 3. The van der Waals surface area contributed by atoms with Gasteiger partial charge >= 0.3 is 0 Å². The minimum atomic E-state index is -0.723. The minimum absolute atomic E-state index is 0.0120. The van der Waals surface area contributed by atoms with Gasteiger partial charge < -0.3 is 4.42 Å². The Morgan fingerprint density at radius 1 is 0.390 bits per heavy atom. The van der Waals surface area contributed by atoms with Gasteiger partial charge in [0.15, 0.2) is 0 Å². The second kappa shape index (κ2) is 9.66. The van der Waals surface area contributed by atoms with E-state index < -0.39 is 84.1 Å². The first kappa shape index (κ1) is 13.8. The van der Waals surface area contributed by atoms with Gasteiger partial charge in [0, 0.05) is 22.1 Å². The molecular formula is C40H26O. The van der Waals surface area contributed by atoms with Crippen molar-refractivity contribution in [2.45, 2.75) is 0 Å². The smallest absolute Gasteiger partial charge is 0.143 e. The molecule has 192 valence electrons. The van der Waals surface area contributed by atoms with Gasteiger partial charge in [-0.05, 0) is 55.9 Å². The molecule has 0 amide bonds. The molecule has 0 saturated heterocycles. The predicted octanol–water partition coefficient (Wildman–Crippen LogP) is 11.4. The molecule has 0 spiro atoms. The van der Waals surface area contributed by atoms with Crippen LogP contribution in [0.1, 0.15) is 17.8 Å². The quantitative estimate of drug-likeness (QED) is 0.204. The summed E-state index contributed by atoms with van der Waals surface area (Å²) in [6, 6.07) is 15.4. The van der Waals surface area contributed by atoms with Crippen molar-refractivity contribution in [1.82, 2.24) is 0 Å². The molecule has 41 heavy (non-hydrogen) atoms. The van der Waals surface area contributed by atoms with E-state index in [4.69, 9.17) is 16.8 Å². The molecule has 0 aliphatic rings. The van der Waals surface area contributed by atoms with E-state index in [2.05, 4.69) is 0 Å². The maximum Gasteiger partial charge on any atom is 0.143 e. The molecule has 8 rings (SSSR count). The van der Waals surface area contributed by atoms with Gasteiger partial charge in [-0.1, -0.05) is 145 Å². The second-order valence-electron chi connectivity index (χ2n) is 9.50. The lowest BCUT2D eigenvalue weighted by molar-refractivity contribution is 0.632. The molecule has 0 aliphatic heterocycles. The molecule has 1 heteroatoms. The standard InChI is InChI=1S/C40H26O/c1-4-14-27(15-5-1)30-24-25-36-35(26-30)39(40(41-36)29-18-8-3-9-19-29)38-33-22-12-10-20-31(33)37(28-16-6-2-7-17-28)32-21-11-13-23-34(32)38/h1-26H/i2D,6D,7D,10D,11D,12D,13D,16D,17D,20D,21D,22D,23D. The molecule has 0 fully saturated rings. The SMILES string of the molecule is [2H]c1c([2H])c([2H])c(-c2c3c([2H])c([2H])c([2H])c([2H])c3c(-c3c(-c4ccccc4)oc4ccc(-c5ccccc5)cc34)c3c([2H])c([2H])c([2H])c([2H])c23)c([2H])c1[2H]. The lowest BCUT2D eigenvalue weighted by Gasteiger charge is -2.18. The third-order valence-electron chi connectivity index (χ3n) is 7.21. The Morgan fingerprint density at radius 3 is 1.54 bits per heavy atom. The highest BCUT2D eigenvalue weighted by atomic mass is 16.3.